The van der Waals surface area contributed by atoms with E-state index in [0.717, 1.165) is 29.8 Å². The van der Waals surface area contributed by atoms with Gasteiger partial charge in [0.1, 0.15) is 12.3 Å². The number of nitrogens with one attached hydrogen (secondary N) is 1. The quantitative estimate of drug-likeness (QED) is 0.680. The van der Waals surface area contributed by atoms with Crippen molar-refractivity contribution in [3.05, 3.63) is 34.9 Å². The van der Waals surface area contributed by atoms with E-state index in [1.165, 1.54) is 4.68 Å². The topological polar surface area (TPSA) is 90.0 Å². The van der Waals surface area contributed by atoms with E-state index in [1.807, 2.05) is 13.0 Å². The van der Waals surface area contributed by atoms with Gasteiger partial charge in [-0.1, -0.05) is 0 Å². The zero-order valence-electron chi connectivity index (χ0n) is 16.4. The van der Waals surface area contributed by atoms with Crippen LogP contribution in [0.15, 0.2) is 12.3 Å². The first kappa shape index (κ1) is 19.4. The van der Waals surface area contributed by atoms with Crippen LogP contribution in [0.5, 0.6) is 0 Å². The Kier molecular flexibility index (Phi) is 5.25. The lowest BCUT2D eigenvalue weighted by atomic mass is 9.86. The number of rotatable bonds is 6. The number of anilines is 1. The molecule has 154 valence electrons. The third-order valence-electron chi connectivity index (χ3n) is 5.24. The number of hydrogen-bond donors (Lipinski definition) is 1. The highest BCUT2D eigenvalue weighted by Gasteiger charge is 2.24. The highest BCUT2D eigenvalue weighted by molar-refractivity contribution is 5.79. The molecule has 0 unspecified atom stereocenters. The molecule has 1 aliphatic carbocycles. The maximum absolute atomic E-state index is 12.6. The van der Waals surface area contributed by atoms with Crippen molar-refractivity contribution in [3.63, 3.8) is 0 Å². The standard InChI is InChI=1S/C19H23F2N7O/c1-11-7-16(13-3-5-15(29)6-4-13)28-19(23-11)24-18(26-28)22-8-14-9-27(10-17(20)21)25-12(14)2/h7,9,13,17H,3-6,8,10H2,1-2H3,(H,22,26). The number of nitrogens with zero attached hydrogens (tertiary/aromatic N) is 6. The molecule has 0 aromatic carbocycles. The Morgan fingerprint density at radius 1 is 1.21 bits per heavy atom. The smallest absolute Gasteiger partial charge is 0.257 e. The fourth-order valence-electron chi connectivity index (χ4n) is 3.76. The van der Waals surface area contributed by atoms with Gasteiger partial charge < -0.3 is 5.32 Å². The van der Waals surface area contributed by atoms with Crippen molar-refractivity contribution in [3.8, 4) is 0 Å². The number of carbonyl (C=O) groups excluding carboxylic acids is 1. The predicted molar refractivity (Wildman–Crippen MR) is 102 cm³/mol. The van der Waals surface area contributed by atoms with Crippen LogP contribution in [0.2, 0.25) is 0 Å². The van der Waals surface area contributed by atoms with Gasteiger partial charge in [-0.25, -0.2) is 13.8 Å². The van der Waals surface area contributed by atoms with E-state index in [-0.39, 0.29) is 5.92 Å². The lowest BCUT2D eigenvalue weighted by Gasteiger charge is -2.21. The van der Waals surface area contributed by atoms with Gasteiger partial charge in [0.05, 0.1) is 11.4 Å². The third kappa shape index (κ3) is 4.25. The number of ketones is 1. The Morgan fingerprint density at radius 3 is 2.69 bits per heavy atom. The van der Waals surface area contributed by atoms with Gasteiger partial charge >= 0.3 is 0 Å². The molecule has 1 saturated carbocycles. The van der Waals surface area contributed by atoms with E-state index in [4.69, 9.17) is 0 Å². The first-order chi connectivity index (χ1) is 13.9. The van der Waals surface area contributed by atoms with Crippen molar-refractivity contribution in [2.45, 2.75) is 65.0 Å². The maximum atomic E-state index is 12.6. The minimum absolute atomic E-state index is 0.251. The summed E-state index contributed by atoms with van der Waals surface area (Å²) in [4.78, 5) is 20.5. The fraction of sp³-hybridized carbons (Fsp3) is 0.526. The van der Waals surface area contributed by atoms with Gasteiger partial charge in [-0.05, 0) is 32.8 Å². The lowest BCUT2D eigenvalue weighted by Crippen LogP contribution is -2.16. The first-order valence-electron chi connectivity index (χ1n) is 9.70. The van der Waals surface area contributed by atoms with Gasteiger partial charge in [-0.2, -0.15) is 14.6 Å². The van der Waals surface area contributed by atoms with Crippen LogP contribution in [0, 0.1) is 13.8 Å². The number of aryl methyl sites for hydroxylation is 2. The average molecular weight is 403 g/mol. The second-order valence-corrected chi connectivity index (χ2v) is 7.49. The van der Waals surface area contributed by atoms with Crippen LogP contribution in [0.25, 0.3) is 5.78 Å². The van der Waals surface area contributed by atoms with Gasteiger partial charge in [-0.15, -0.1) is 5.10 Å². The van der Waals surface area contributed by atoms with Crippen LogP contribution in [-0.2, 0) is 17.9 Å². The molecule has 0 bridgehead atoms. The summed E-state index contributed by atoms with van der Waals surface area (Å²) in [6.07, 6.45) is 1.96. The molecule has 29 heavy (non-hydrogen) atoms. The Bertz CT molecular complexity index is 1030. The van der Waals surface area contributed by atoms with Crippen LogP contribution < -0.4 is 5.32 Å². The van der Waals surface area contributed by atoms with Crippen molar-refractivity contribution < 1.29 is 13.6 Å². The van der Waals surface area contributed by atoms with E-state index in [1.54, 1.807) is 17.6 Å². The zero-order chi connectivity index (χ0) is 20.5. The minimum atomic E-state index is -2.45. The SMILES string of the molecule is Cc1cc(C2CCC(=O)CC2)n2nc(NCc3cn(CC(F)F)nc3C)nc2n1. The van der Waals surface area contributed by atoms with Crippen molar-refractivity contribution in [2.24, 2.45) is 0 Å². The molecule has 1 N–H and O–H groups in total. The molecule has 4 rings (SSSR count). The summed E-state index contributed by atoms with van der Waals surface area (Å²) in [5.41, 5.74) is 3.36. The van der Waals surface area contributed by atoms with E-state index in [2.05, 4.69) is 25.5 Å². The molecule has 1 fully saturated rings. The van der Waals surface area contributed by atoms with E-state index < -0.39 is 13.0 Å². The summed E-state index contributed by atoms with van der Waals surface area (Å²) in [7, 11) is 0. The molecular weight excluding hydrogens is 380 g/mol. The molecule has 3 aromatic heterocycles. The number of hydrogen-bond acceptors (Lipinski definition) is 6. The van der Waals surface area contributed by atoms with Crippen molar-refractivity contribution in [1.82, 2.24) is 29.4 Å². The Hall–Kier alpha value is -2.91. The molecule has 10 heteroatoms. The number of Topliss-reactive ketones (excluding diaryl/α,β-unsaturated/α-hetero) is 1. The van der Waals surface area contributed by atoms with Gasteiger partial charge in [0.2, 0.25) is 5.95 Å². The van der Waals surface area contributed by atoms with E-state index in [9.17, 15) is 13.6 Å². The molecule has 1 aliphatic rings. The molecule has 3 aromatic rings. The van der Waals surface area contributed by atoms with Crippen LogP contribution in [0.1, 0.15) is 54.2 Å². The summed E-state index contributed by atoms with van der Waals surface area (Å²) < 4.78 is 28.1. The summed E-state index contributed by atoms with van der Waals surface area (Å²) in [6, 6.07) is 2.00. The highest BCUT2D eigenvalue weighted by atomic mass is 19.3. The molecule has 3 heterocycles. The van der Waals surface area contributed by atoms with Gasteiger partial charge in [0.15, 0.2) is 0 Å². The fourth-order valence-corrected chi connectivity index (χ4v) is 3.76. The van der Waals surface area contributed by atoms with Gasteiger partial charge in [0, 0.05) is 42.8 Å². The maximum Gasteiger partial charge on any atom is 0.257 e. The van der Waals surface area contributed by atoms with E-state index in [0.29, 0.717) is 42.6 Å². The molecule has 0 radical (unpaired) electrons. The van der Waals surface area contributed by atoms with Gasteiger partial charge in [0.25, 0.3) is 12.2 Å². The molecule has 0 saturated heterocycles. The zero-order valence-corrected chi connectivity index (χ0v) is 16.4. The largest absolute Gasteiger partial charge is 0.349 e. The number of carbonyl (C=O) groups is 1. The third-order valence-corrected chi connectivity index (χ3v) is 5.24. The average Bonchev–Trinajstić information content (AvgIpc) is 3.22. The molecule has 0 aliphatic heterocycles. The number of fused-ring (bicyclic) bond motifs is 1. The first-order valence-corrected chi connectivity index (χ1v) is 9.70. The summed E-state index contributed by atoms with van der Waals surface area (Å²) >= 11 is 0. The Morgan fingerprint density at radius 2 is 1.97 bits per heavy atom. The Labute approximate surface area is 166 Å². The number of alkyl halides is 2. The summed E-state index contributed by atoms with van der Waals surface area (Å²) in [5, 5.41) is 11.8. The second kappa shape index (κ2) is 7.84. The van der Waals surface area contributed by atoms with Crippen LogP contribution in [0.4, 0.5) is 14.7 Å². The number of halogens is 2. The minimum Gasteiger partial charge on any atom is -0.349 e. The van der Waals surface area contributed by atoms with Gasteiger partial charge in [-0.3, -0.25) is 9.48 Å². The number of aromatic nitrogens is 6. The van der Waals surface area contributed by atoms with Crippen LogP contribution in [-0.4, -0.2) is 41.6 Å². The van der Waals surface area contributed by atoms with Crippen molar-refractivity contribution in [1.29, 1.82) is 0 Å². The van der Waals surface area contributed by atoms with Crippen LogP contribution >= 0.6 is 0 Å². The molecule has 0 spiro atoms. The predicted octanol–water partition coefficient (Wildman–Crippen LogP) is 3.04. The summed E-state index contributed by atoms with van der Waals surface area (Å²) in [6.45, 7) is 3.64. The van der Waals surface area contributed by atoms with E-state index >= 15 is 0 Å². The van der Waals surface area contributed by atoms with Crippen LogP contribution in [0.3, 0.4) is 0 Å². The Balaban J connectivity index is 1.54. The molecule has 8 nitrogen and oxygen atoms in total. The molecular formula is C19H23F2N7O. The highest BCUT2D eigenvalue weighted by Crippen LogP contribution is 2.31. The van der Waals surface area contributed by atoms with Crippen molar-refractivity contribution in [2.75, 3.05) is 5.32 Å². The normalized spacial score (nSPS) is 15.6. The van der Waals surface area contributed by atoms with Crippen molar-refractivity contribution >= 4 is 17.5 Å². The summed E-state index contributed by atoms with van der Waals surface area (Å²) in [5.74, 6) is 1.48. The molecule has 0 atom stereocenters. The monoisotopic (exact) mass is 403 g/mol. The molecule has 0 amide bonds. The second-order valence-electron chi connectivity index (χ2n) is 7.49. The lowest BCUT2D eigenvalue weighted by molar-refractivity contribution is -0.120.